The molecule has 1 atom stereocenters. The lowest BCUT2D eigenvalue weighted by Gasteiger charge is -2.12. The zero-order valence-corrected chi connectivity index (χ0v) is 9.48. The van der Waals surface area contributed by atoms with Gasteiger partial charge in [-0.15, -0.1) is 0 Å². The van der Waals surface area contributed by atoms with Gasteiger partial charge < -0.3 is 5.73 Å². The Morgan fingerprint density at radius 3 is 2.75 bits per heavy atom. The Labute approximate surface area is 98.6 Å². The van der Waals surface area contributed by atoms with Gasteiger partial charge in [0.2, 0.25) is 5.28 Å². The van der Waals surface area contributed by atoms with Crippen molar-refractivity contribution in [2.45, 2.75) is 18.9 Å². The van der Waals surface area contributed by atoms with Crippen LogP contribution in [0.3, 0.4) is 0 Å². The fourth-order valence-electron chi connectivity index (χ4n) is 2.00. The normalized spacial score (nSPS) is 17.6. The van der Waals surface area contributed by atoms with Gasteiger partial charge in [-0.2, -0.15) is 0 Å². The standard InChI is InChI=1S/C12H12ClN3/c13-12-15-9-4-2-1-3-8(9)11(16-12)10(14)7-5-6-7/h1-4,7,10H,5-6,14H2. The molecule has 82 valence electrons. The lowest BCUT2D eigenvalue weighted by molar-refractivity contribution is 0.619. The van der Waals surface area contributed by atoms with Crippen molar-refractivity contribution in [3.8, 4) is 0 Å². The number of rotatable bonds is 2. The predicted octanol–water partition coefficient (Wildman–Crippen LogP) is 2.69. The van der Waals surface area contributed by atoms with Crippen molar-refractivity contribution in [2.24, 2.45) is 11.7 Å². The zero-order valence-electron chi connectivity index (χ0n) is 8.73. The summed E-state index contributed by atoms with van der Waals surface area (Å²) in [6.07, 6.45) is 2.38. The van der Waals surface area contributed by atoms with Crippen LogP contribution in [0.2, 0.25) is 5.28 Å². The molecule has 1 fully saturated rings. The number of nitrogens with two attached hydrogens (primary N) is 1. The highest BCUT2D eigenvalue weighted by atomic mass is 35.5. The number of nitrogens with zero attached hydrogens (tertiary/aromatic N) is 2. The number of hydrogen-bond donors (Lipinski definition) is 1. The summed E-state index contributed by atoms with van der Waals surface area (Å²) in [7, 11) is 0. The van der Waals surface area contributed by atoms with Crippen molar-refractivity contribution in [3.05, 3.63) is 35.2 Å². The SMILES string of the molecule is NC(c1nc(Cl)nc2ccccc12)C1CC1. The molecule has 0 bridgehead atoms. The molecule has 1 saturated carbocycles. The van der Waals surface area contributed by atoms with Gasteiger partial charge in [0.05, 0.1) is 17.3 Å². The fraction of sp³-hybridized carbons (Fsp3) is 0.333. The van der Waals surface area contributed by atoms with Gasteiger partial charge in [-0.25, -0.2) is 9.97 Å². The zero-order chi connectivity index (χ0) is 11.1. The summed E-state index contributed by atoms with van der Waals surface area (Å²) in [6.45, 7) is 0. The van der Waals surface area contributed by atoms with Crippen LogP contribution >= 0.6 is 11.6 Å². The Hall–Kier alpha value is -1.19. The van der Waals surface area contributed by atoms with Crippen LogP contribution in [-0.2, 0) is 0 Å². The van der Waals surface area contributed by atoms with Crippen LogP contribution in [0.4, 0.5) is 0 Å². The second-order valence-corrected chi connectivity index (χ2v) is 4.60. The molecular formula is C12H12ClN3. The van der Waals surface area contributed by atoms with Crippen molar-refractivity contribution < 1.29 is 0 Å². The van der Waals surface area contributed by atoms with E-state index in [1.54, 1.807) is 0 Å². The van der Waals surface area contributed by atoms with E-state index in [-0.39, 0.29) is 11.3 Å². The highest BCUT2D eigenvalue weighted by Crippen LogP contribution is 2.40. The first-order chi connectivity index (χ1) is 7.75. The summed E-state index contributed by atoms with van der Waals surface area (Å²) in [5, 5.41) is 1.30. The summed E-state index contributed by atoms with van der Waals surface area (Å²) >= 11 is 5.92. The molecule has 1 aromatic carbocycles. The molecule has 0 aliphatic heterocycles. The Morgan fingerprint density at radius 1 is 1.25 bits per heavy atom. The third-order valence-electron chi connectivity index (χ3n) is 3.05. The van der Waals surface area contributed by atoms with E-state index in [0.717, 1.165) is 16.6 Å². The lowest BCUT2D eigenvalue weighted by atomic mass is 10.0. The van der Waals surface area contributed by atoms with Gasteiger partial charge in [-0.05, 0) is 36.4 Å². The highest BCUT2D eigenvalue weighted by molar-refractivity contribution is 6.28. The molecule has 3 rings (SSSR count). The molecule has 1 aliphatic rings. The van der Waals surface area contributed by atoms with Crippen molar-refractivity contribution in [3.63, 3.8) is 0 Å². The Bertz CT molecular complexity index is 537. The average Bonchev–Trinajstić information content (AvgIpc) is 3.10. The van der Waals surface area contributed by atoms with E-state index in [4.69, 9.17) is 17.3 Å². The minimum atomic E-state index is -0.00889. The van der Waals surface area contributed by atoms with Crippen LogP contribution < -0.4 is 5.73 Å². The fourth-order valence-corrected chi connectivity index (χ4v) is 2.19. The topological polar surface area (TPSA) is 51.8 Å². The van der Waals surface area contributed by atoms with Crippen molar-refractivity contribution >= 4 is 22.5 Å². The van der Waals surface area contributed by atoms with E-state index in [1.807, 2.05) is 24.3 Å². The van der Waals surface area contributed by atoms with Crippen molar-refractivity contribution in [1.82, 2.24) is 9.97 Å². The minimum Gasteiger partial charge on any atom is -0.322 e. The summed E-state index contributed by atoms with van der Waals surface area (Å²) in [5.41, 5.74) is 7.94. The van der Waals surface area contributed by atoms with Crippen LogP contribution in [0.1, 0.15) is 24.6 Å². The van der Waals surface area contributed by atoms with Gasteiger partial charge in [0.15, 0.2) is 0 Å². The van der Waals surface area contributed by atoms with E-state index in [9.17, 15) is 0 Å². The van der Waals surface area contributed by atoms with Gasteiger partial charge >= 0.3 is 0 Å². The van der Waals surface area contributed by atoms with E-state index in [2.05, 4.69) is 9.97 Å². The molecule has 0 radical (unpaired) electrons. The average molecular weight is 234 g/mol. The first-order valence-electron chi connectivity index (χ1n) is 5.43. The molecule has 4 heteroatoms. The maximum Gasteiger partial charge on any atom is 0.223 e. The van der Waals surface area contributed by atoms with Crippen molar-refractivity contribution in [1.29, 1.82) is 0 Å². The molecular weight excluding hydrogens is 222 g/mol. The summed E-state index contributed by atoms with van der Waals surface area (Å²) in [4.78, 5) is 8.49. The van der Waals surface area contributed by atoms with E-state index in [0.29, 0.717) is 5.92 Å². The Kier molecular flexibility index (Phi) is 2.30. The van der Waals surface area contributed by atoms with Crippen LogP contribution in [0.25, 0.3) is 10.9 Å². The molecule has 0 spiro atoms. The van der Waals surface area contributed by atoms with Gasteiger partial charge in [0, 0.05) is 5.39 Å². The summed E-state index contributed by atoms with van der Waals surface area (Å²) in [5.74, 6) is 0.564. The van der Waals surface area contributed by atoms with E-state index < -0.39 is 0 Å². The summed E-state index contributed by atoms with van der Waals surface area (Å²) in [6, 6.07) is 7.85. The molecule has 1 aliphatic carbocycles. The number of halogens is 1. The van der Waals surface area contributed by atoms with E-state index in [1.165, 1.54) is 12.8 Å². The van der Waals surface area contributed by atoms with Gasteiger partial charge in [-0.3, -0.25) is 0 Å². The number of aromatic nitrogens is 2. The largest absolute Gasteiger partial charge is 0.322 e. The van der Waals surface area contributed by atoms with Gasteiger partial charge in [0.25, 0.3) is 0 Å². The molecule has 1 aromatic heterocycles. The number of fused-ring (bicyclic) bond motifs is 1. The number of hydrogen-bond acceptors (Lipinski definition) is 3. The maximum atomic E-state index is 6.19. The molecule has 0 amide bonds. The molecule has 2 aromatic rings. The molecule has 0 saturated heterocycles. The smallest absolute Gasteiger partial charge is 0.223 e. The monoisotopic (exact) mass is 233 g/mol. The van der Waals surface area contributed by atoms with Gasteiger partial charge in [0.1, 0.15) is 0 Å². The van der Waals surface area contributed by atoms with Crippen LogP contribution in [0.5, 0.6) is 0 Å². The van der Waals surface area contributed by atoms with Crippen LogP contribution in [0, 0.1) is 5.92 Å². The molecule has 2 N–H and O–H groups in total. The Balaban J connectivity index is 2.20. The van der Waals surface area contributed by atoms with Gasteiger partial charge in [-0.1, -0.05) is 18.2 Å². The minimum absolute atomic E-state index is 0.00889. The molecule has 3 nitrogen and oxygen atoms in total. The maximum absolute atomic E-state index is 6.19. The Morgan fingerprint density at radius 2 is 2.00 bits per heavy atom. The number of para-hydroxylation sites is 1. The van der Waals surface area contributed by atoms with Crippen molar-refractivity contribution in [2.75, 3.05) is 0 Å². The molecule has 16 heavy (non-hydrogen) atoms. The first kappa shape index (κ1) is 10.00. The van der Waals surface area contributed by atoms with Crippen LogP contribution in [0.15, 0.2) is 24.3 Å². The molecule has 1 unspecified atom stereocenters. The second kappa shape index (κ2) is 3.68. The first-order valence-corrected chi connectivity index (χ1v) is 5.81. The summed E-state index contributed by atoms with van der Waals surface area (Å²) < 4.78 is 0. The quantitative estimate of drug-likeness (QED) is 0.812. The predicted molar refractivity (Wildman–Crippen MR) is 64.2 cm³/mol. The van der Waals surface area contributed by atoms with Crippen LogP contribution in [-0.4, -0.2) is 9.97 Å². The highest BCUT2D eigenvalue weighted by Gasteiger charge is 2.31. The third kappa shape index (κ3) is 1.66. The second-order valence-electron chi connectivity index (χ2n) is 4.26. The third-order valence-corrected chi connectivity index (χ3v) is 3.22. The van der Waals surface area contributed by atoms with E-state index >= 15 is 0 Å². The lowest BCUT2D eigenvalue weighted by Crippen LogP contribution is -2.15. The number of benzene rings is 1. The molecule has 1 heterocycles.